The van der Waals surface area contributed by atoms with Crippen molar-refractivity contribution in [2.45, 2.75) is 52.5 Å². The lowest BCUT2D eigenvalue weighted by Gasteiger charge is -2.10. The van der Waals surface area contributed by atoms with E-state index < -0.39 is 0 Å². The molecule has 0 aliphatic carbocycles. The highest BCUT2D eigenvalue weighted by Crippen LogP contribution is 2.27. The molecule has 2 aromatic heterocycles. The summed E-state index contributed by atoms with van der Waals surface area (Å²) in [5.41, 5.74) is 6.38. The monoisotopic (exact) mass is 359 g/mol. The summed E-state index contributed by atoms with van der Waals surface area (Å²) in [4.78, 5) is 4.97. The lowest BCUT2D eigenvalue weighted by molar-refractivity contribution is 0.632. The number of nitrogens with zero attached hydrogens (tertiary/aromatic N) is 3. The average Bonchev–Trinajstić information content (AvgIpc) is 3.18. The minimum atomic E-state index is 0.881. The Morgan fingerprint density at radius 3 is 2.59 bits per heavy atom. The largest absolute Gasteiger partial charge is 0.350 e. The van der Waals surface area contributed by atoms with Crippen LogP contribution in [0.2, 0.25) is 0 Å². The number of rotatable bonds is 7. The molecule has 140 valence electrons. The maximum absolute atomic E-state index is 4.97. The van der Waals surface area contributed by atoms with Crippen LogP contribution in [0.25, 0.3) is 21.9 Å². The quantitative estimate of drug-likeness (QED) is 0.371. The second kappa shape index (κ2) is 7.59. The van der Waals surface area contributed by atoms with Crippen molar-refractivity contribution in [2.24, 2.45) is 7.05 Å². The van der Waals surface area contributed by atoms with Gasteiger partial charge in [0.25, 0.3) is 0 Å². The molecule has 2 heterocycles. The summed E-state index contributed by atoms with van der Waals surface area (Å²) >= 11 is 0. The molecule has 0 N–H and O–H groups in total. The van der Waals surface area contributed by atoms with Crippen LogP contribution >= 0.6 is 0 Å². The molecule has 0 fully saturated rings. The van der Waals surface area contributed by atoms with E-state index in [1.54, 1.807) is 0 Å². The molecule has 4 aromatic rings. The standard InChI is InChI=1S/C24H29N3/c1-4-5-6-7-15-23-25-20-12-8-9-13-21(20)27(23)17-19-16-26(3)22-14-10-11-18(2)24(19)22/h8-14,16H,4-7,15,17H2,1-3H3. The third kappa shape index (κ3) is 3.39. The first-order chi connectivity index (χ1) is 13.2. The van der Waals surface area contributed by atoms with E-state index in [-0.39, 0.29) is 0 Å². The molecule has 3 nitrogen and oxygen atoms in total. The SMILES string of the molecule is CCCCCCc1nc2ccccc2n1Cc1cn(C)c2cccc(C)c12. The van der Waals surface area contributed by atoms with Gasteiger partial charge in [-0.25, -0.2) is 4.98 Å². The number of benzene rings is 2. The topological polar surface area (TPSA) is 22.8 Å². The van der Waals surface area contributed by atoms with E-state index in [9.17, 15) is 0 Å². The first kappa shape index (κ1) is 17.8. The van der Waals surface area contributed by atoms with Crippen molar-refractivity contribution in [1.82, 2.24) is 14.1 Å². The summed E-state index contributed by atoms with van der Waals surface area (Å²) < 4.78 is 4.68. The summed E-state index contributed by atoms with van der Waals surface area (Å²) in [6.45, 7) is 5.35. The molecule has 0 aliphatic heterocycles. The first-order valence-corrected chi connectivity index (χ1v) is 10.2. The van der Waals surface area contributed by atoms with Gasteiger partial charge in [0.1, 0.15) is 5.82 Å². The molecule has 0 bridgehead atoms. The molecule has 3 heteroatoms. The third-order valence-electron chi connectivity index (χ3n) is 5.62. The number of aryl methyl sites for hydroxylation is 3. The number of fused-ring (bicyclic) bond motifs is 2. The summed E-state index contributed by atoms with van der Waals surface area (Å²) in [6.07, 6.45) is 8.42. The van der Waals surface area contributed by atoms with Crippen molar-refractivity contribution in [3.05, 3.63) is 65.6 Å². The summed E-state index contributed by atoms with van der Waals surface area (Å²) in [7, 11) is 2.14. The minimum Gasteiger partial charge on any atom is -0.350 e. The van der Waals surface area contributed by atoms with Gasteiger partial charge in [-0.05, 0) is 42.7 Å². The zero-order valence-corrected chi connectivity index (χ0v) is 16.7. The maximum atomic E-state index is 4.97. The van der Waals surface area contributed by atoms with E-state index in [1.807, 2.05) is 0 Å². The van der Waals surface area contributed by atoms with E-state index in [2.05, 4.69) is 78.7 Å². The van der Waals surface area contributed by atoms with Crippen LogP contribution in [0.1, 0.15) is 49.6 Å². The van der Waals surface area contributed by atoms with Gasteiger partial charge in [0.2, 0.25) is 0 Å². The third-order valence-corrected chi connectivity index (χ3v) is 5.62. The van der Waals surface area contributed by atoms with E-state index in [0.29, 0.717) is 0 Å². The molecule has 0 atom stereocenters. The summed E-state index contributed by atoms with van der Waals surface area (Å²) in [5, 5.41) is 1.38. The van der Waals surface area contributed by atoms with Crippen LogP contribution in [-0.4, -0.2) is 14.1 Å². The minimum absolute atomic E-state index is 0.881. The van der Waals surface area contributed by atoms with E-state index >= 15 is 0 Å². The Labute approximate surface area is 161 Å². The molecular formula is C24H29N3. The van der Waals surface area contributed by atoms with Crippen LogP contribution < -0.4 is 0 Å². The normalized spacial score (nSPS) is 11.7. The summed E-state index contributed by atoms with van der Waals surface area (Å²) in [6, 6.07) is 15.1. The molecule has 4 rings (SSSR count). The molecule has 0 radical (unpaired) electrons. The molecule has 0 amide bonds. The molecule has 27 heavy (non-hydrogen) atoms. The lowest BCUT2D eigenvalue weighted by atomic mass is 10.1. The van der Waals surface area contributed by atoms with Gasteiger partial charge in [-0.2, -0.15) is 0 Å². The number of hydrogen-bond acceptors (Lipinski definition) is 1. The van der Waals surface area contributed by atoms with Gasteiger partial charge in [0.05, 0.1) is 17.6 Å². The number of para-hydroxylation sites is 2. The van der Waals surface area contributed by atoms with Gasteiger partial charge in [-0.15, -0.1) is 0 Å². The Hall–Kier alpha value is -2.55. The van der Waals surface area contributed by atoms with Crippen LogP contribution in [-0.2, 0) is 20.0 Å². The zero-order chi connectivity index (χ0) is 18.8. The predicted molar refractivity (Wildman–Crippen MR) is 114 cm³/mol. The van der Waals surface area contributed by atoms with Gasteiger partial charge in [-0.1, -0.05) is 50.5 Å². The van der Waals surface area contributed by atoms with Crippen molar-refractivity contribution in [2.75, 3.05) is 0 Å². The van der Waals surface area contributed by atoms with Crippen LogP contribution in [0.5, 0.6) is 0 Å². The van der Waals surface area contributed by atoms with Crippen molar-refractivity contribution < 1.29 is 0 Å². The van der Waals surface area contributed by atoms with Crippen molar-refractivity contribution >= 4 is 21.9 Å². The fourth-order valence-electron chi connectivity index (χ4n) is 4.22. The second-order valence-electron chi connectivity index (χ2n) is 7.65. The highest BCUT2D eigenvalue weighted by atomic mass is 15.1. The van der Waals surface area contributed by atoms with Crippen LogP contribution in [0.4, 0.5) is 0 Å². The Morgan fingerprint density at radius 2 is 1.74 bits per heavy atom. The molecule has 2 aromatic carbocycles. The van der Waals surface area contributed by atoms with Crippen molar-refractivity contribution in [3.8, 4) is 0 Å². The molecule has 0 aliphatic rings. The fourth-order valence-corrected chi connectivity index (χ4v) is 4.22. The van der Waals surface area contributed by atoms with E-state index in [1.165, 1.54) is 59.1 Å². The highest BCUT2D eigenvalue weighted by molar-refractivity contribution is 5.87. The Balaban J connectivity index is 1.75. The van der Waals surface area contributed by atoms with Gasteiger partial charge >= 0.3 is 0 Å². The van der Waals surface area contributed by atoms with Gasteiger partial charge in [0, 0.05) is 30.6 Å². The van der Waals surface area contributed by atoms with Gasteiger partial charge < -0.3 is 9.13 Å². The van der Waals surface area contributed by atoms with Crippen molar-refractivity contribution in [1.29, 1.82) is 0 Å². The second-order valence-corrected chi connectivity index (χ2v) is 7.65. The number of unbranched alkanes of at least 4 members (excludes halogenated alkanes) is 3. The van der Waals surface area contributed by atoms with Crippen LogP contribution in [0.3, 0.4) is 0 Å². The average molecular weight is 360 g/mol. The van der Waals surface area contributed by atoms with E-state index in [4.69, 9.17) is 4.98 Å². The van der Waals surface area contributed by atoms with Gasteiger partial charge in [0.15, 0.2) is 0 Å². The Kier molecular flexibility index (Phi) is 5.02. The number of aromatic nitrogens is 3. The smallest absolute Gasteiger partial charge is 0.110 e. The predicted octanol–water partition coefficient (Wildman–Crippen LogP) is 6.01. The molecule has 0 unspecified atom stereocenters. The molecule has 0 spiro atoms. The zero-order valence-electron chi connectivity index (χ0n) is 16.7. The highest BCUT2D eigenvalue weighted by Gasteiger charge is 2.14. The summed E-state index contributed by atoms with van der Waals surface area (Å²) in [5.74, 6) is 1.22. The Bertz CT molecular complexity index is 1070. The van der Waals surface area contributed by atoms with Gasteiger partial charge in [-0.3, -0.25) is 0 Å². The Morgan fingerprint density at radius 1 is 0.926 bits per heavy atom. The number of imidazole rings is 1. The van der Waals surface area contributed by atoms with E-state index in [0.717, 1.165) is 18.5 Å². The maximum Gasteiger partial charge on any atom is 0.110 e. The van der Waals surface area contributed by atoms with Crippen LogP contribution in [0.15, 0.2) is 48.7 Å². The van der Waals surface area contributed by atoms with Crippen molar-refractivity contribution in [3.63, 3.8) is 0 Å². The molecule has 0 saturated carbocycles. The van der Waals surface area contributed by atoms with Crippen LogP contribution in [0, 0.1) is 6.92 Å². The number of hydrogen-bond donors (Lipinski definition) is 0. The fraction of sp³-hybridized carbons (Fsp3) is 0.375. The first-order valence-electron chi connectivity index (χ1n) is 10.2. The lowest BCUT2D eigenvalue weighted by Crippen LogP contribution is -2.05. The molecule has 0 saturated heterocycles. The molecular weight excluding hydrogens is 330 g/mol.